The Morgan fingerprint density at radius 2 is 1.58 bits per heavy atom. The number of carboxylic acids is 1. The van der Waals surface area contributed by atoms with Crippen LogP contribution in [0.4, 0.5) is 26.3 Å². The smallest absolute Gasteiger partial charge is 0.493 e. The van der Waals surface area contributed by atoms with E-state index in [1.807, 2.05) is 0 Å². The van der Waals surface area contributed by atoms with Crippen LogP contribution in [0.15, 0.2) is 48.5 Å². The van der Waals surface area contributed by atoms with E-state index in [-0.39, 0.29) is 24.4 Å². The van der Waals surface area contributed by atoms with E-state index >= 15 is 0 Å². The summed E-state index contributed by atoms with van der Waals surface area (Å²) in [6.07, 6.45) is -9.38. The molecule has 0 unspecified atom stereocenters. The number of carboxylic acid groups (broad SMARTS) is 1. The highest BCUT2D eigenvalue weighted by Crippen LogP contribution is 2.29. The third kappa shape index (κ3) is 8.05. The van der Waals surface area contributed by atoms with E-state index in [0.717, 1.165) is 16.8 Å². The van der Waals surface area contributed by atoms with E-state index in [2.05, 4.69) is 9.84 Å². The summed E-state index contributed by atoms with van der Waals surface area (Å²) in [6, 6.07) is 10.7. The number of aromatic nitrogens is 2. The summed E-state index contributed by atoms with van der Waals surface area (Å²) in [5.74, 6) is -0.880. The first-order valence-corrected chi connectivity index (χ1v) is 11.2. The van der Waals surface area contributed by atoms with E-state index in [1.165, 1.54) is 38.1 Å². The van der Waals surface area contributed by atoms with Crippen molar-refractivity contribution >= 4 is 5.97 Å². The lowest BCUT2D eigenvalue weighted by Crippen LogP contribution is -2.38. The van der Waals surface area contributed by atoms with Crippen molar-refractivity contribution in [3.8, 4) is 28.5 Å². The lowest BCUT2D eigenvalue weighted by atomic mass is 10.1. The van der Waals surface area contributed by atoms with Crippen LogP contribution in [-0.4, -0.2) is 45.6 Å². The third-order valence-electron chi connectivity index (χ3n) is 5.23. The number of ether oxygens (including phenoxy) is 3. The minimum absolute atomic E-state index is 0.0123. The van der Waals surface area contributed by atoms with Gasteiger partial charge in [-0.15, -0.1) is 13.2 Å². The topological polar surface area (TPSA) is 82.8 Å². The summed E-state index contributed by atoms with van der Waals surface area (Å²) < 4.78 is 92.2. The molecule has 0 amide bonds. The molecular weight excluding hydrogens is 522 g/mol. The van der Waals surface area contributed by atoms with Crippen molar-refractivity contribution in [1.29, 1.82) is 0 Å². The van der Waals surface area contributed by atoms with E-state index in [1.54, 1.807) is 19.1 Å². The fourth-order valence-electron chi connectivity index (χ4n) is 3.35. The summed E-state index contributed by atoms with van der Waals surface area (Å²) >= 11 is 0. The third-order valence-corrected chi connectivity index (χ3v) is 5.23. The van der Waals surface area contributed by atoms with Crippen molar-refractivity contribution < 1.29 is 50.5 Å². The van der Waals surface area contributed by atoms with Gasteiger partial charge < -0.3 is 19.3 Å². The maximum Gasteiger partial charge on any atom is 0.573 e. The molecule has 0 radical (unpaired) electrons. The Labute approximate surface area is 213 Å². The van der Waals surface area contributed by atoms with Crippen molar-refractivity contribution in [1.82, 2.24) is 9.78 Å². The second-order valence-corrected chi connectivity index (χ2v) is 8.81. The summed E-state index contributed by atoms with van der Waals surface area (Å²) in [5.41, 5.74) is -0.209. The molecule has 2 aromatic carbocycles. The Morgan fingerprint density at radius 3 is 2.13 bits per heavy atom. The molecule has 0 bridgehead atoms. The number of hydrogen-bond acceptors (Lipinski definition) is 5. The molecule has 0 saturated carbocycles. The molecule has 38 heavy (non-hydrogen) atoms. The molecule has 3 aromatic rings. The van der Waals surface area contributed by atoms with Crippen molar-refractivity contribution in [2.75, 3.05) is 6.61 Å². The van der Waals surface area contributed by atoms with Crippen LogP contribution < -0.4 is 14.2 Å². The van der Waals surface area contributed by atoms with Crippen LogP contribution in [0.25, 0.3) is 11.3 Å². The molecule has 0 spiro atoms. The zero-order chi connectivity index (χ0) is 28.3. The molecule has 1 N–H and O–H groups in total. The molecular formula is C25H24F6N2O5. The first-order valence-electron chi connectivity index (χ1n) is 11.2. The lowest BCUT2D eigenvalue weighted by Gasteiger charge is -2.23. The van der Waals surface area contributed by atoms with Gasteiger partial charge in [0.1, 0.15) is 23.8 Å². The van der Waals surface area contributed by atoms with E-state index < -0.39 is 36.4 Å². The van der Waals surface area contributed by atoms with E-state index in [0.29, 0.717) is 22.6 Å². The number of rotatable bonds is 10. The van der Waals surface area contributed by atoms with Gasteiger partial charge in [-0.25, -0.2) is 4.79 Å². The first kappa shape index (κ1) is 28.7. The Bertz CT molecular complexity index is 1270. The number of aliphatic carboxylic acids is 1. The fraction of sp³-hybridized carbons (Fsp3) is 0.360. The highest BCUT2D eigenvalue weighted by molar-refractivity contribution is 5.76. The molecule has 0 fully saturated rings. The zero-order valence-corrected chi connectivity index (χ0v) is 20.5. The molecule has 1 heterocycles. The molecule has 0 atom stereocenters. The van der Waals surface area contributed by atoms with Crippen molar-refractivity contribution in [3.63, 3.8) is 0 Å². The molecule has 0 aliphatic rings. The minimum atomic E-state index is -4.87. The lowest BCUT2D eigenvalue weighted by molar-refractivity contribution is -0.274. The van der Waals surface area contributed by atoms with Gasteiger partial charge in [-0.2, -0.15) is 18.3 Å². The van der Waals surface area contributed by atoms with Crippen LogP contribution in [0.2, 0.25) is 0 Å². The SMILES string of the molecule is Cc1cc(OCCc2cc(-c3ccc(OC(F)(F)F)cc3)nn2CC(F)(F)F)ccc1OC(C)(C)C(=O)O. The minimum Gasteiger partial charge on any atom is -0.493 e. The van der Waals surface area contributed by atoms with Gasteiger partial charge in [0.05, 0.1) is 12.3 Å². The summed E-state index contributed by atoms with van der Waals surface area (Å²) in [5, 5.41) is 13.2. The monoisotopic (exact) mass is 546 g/mol. The van der Waals surface area contributed by atoms with E-state index in [9.17, 15) is 36.2 Å². The van der Waals surface area contributed by atoms with Gasteiger partial charge in [0, 0.05) is 17.7 Å². The fourth-order valence-corrected chi connectivity index (χ4v) is 3.35. The molecule has 7 nitrogen and oxygen atoms in total. The molecule has 3 rings (SSSR count). The quantitative estimate of drug-likeness (QED) is 0.306. The standard InChI is InChI=1S/C25H24F6N2O5/c1-15-12-19(8-9-21(15)38-23(2,3)22(34)35)36-11-10-17-13-20(32-33(17)14-24(26,27)28)16-4-6-18(7-5-16)37-25(29,30)31/h4-9,12-13H,10-11,14H2,1-3H3,(H,34,35). The molecule has 0 aliphatic heterocycles. The number of benzene rings is 2. The van der Waals surface area contributed by atoms with Crippen molar-refractivity contribution in [3.05, 3.63) is 59.8 Å². The number of aryl methyl sites for hydroxylation is 1. The van der Waals surface area contributed by atoms with Gasteiger partial charge in [0.25, 0.3) is 0 Å². The van der Waals surface area contributed by atoms with Crippen LogP contribution in [0, 0.1) is 6.92 Å². The molecule has 0 aliphatic carbocycles. The normalized spacial score (nSPS) is 12.3. The number of alkyl halides is 6. The van der Waals surface area contributed by atoms with Crippen molar-refractivity contribution in [2.24, 2.45) is 0 Å². The maximum atomic E-state index is 13.1. The first-order chi connectivity index (χ1) is 17.5. The van der Waals surface area contributed by atoms with Crippen LogP contribution in [0.3, 0.4) is 0 Å². The summed E-state index contributed by atoms with van der Waals surface area (Å²) in [4.78, 5) is 11.3. The number of halogens is 6. The predicted octanol–water partition coefficient (Wildman–Crippen LogP) is 6.18. The molecule has 1 aromatic heterocycles. The van der Waals surface area contributed by atoms with Crippen LogP contribution >= 0.6 is 0 Å². The highest BCUT2D eigenvalue weighted by atomic mass is 19.4. The largest absolute Gasteiger partial charge is 0.573 e. The van der Waals surface area contributed by atoms with Crippen molar-refractivity contribution in [2.45, 2.75) is 51.9 Å². The second kappa shape index (κ2) is 10.8. The van der Waals surface area contributed by atoms with Crippen LogP contribution in [-0.2, 0) is 17.8 Å². The molecule has 206 valence electrons. The number of hydrogen-bond donors (Lipinski definition) is 1. The van der Waals surface area contributed by atoms with Gasteiger partial charge >= 0.3 is 18.5 Å². The second-order valence-electron chi connectivity index (χ2n) is 8.81. The Kier molecular flexibility index (Phi) is 8.18. The highest BCUT2D eigenvalue weighted by Gasteiger charge is 2.32. The summed E-state index contributed by atoms with van der Waals surface area (Å²) in [7, 11) is 0. The average Bonchev–Trinajstić information content (AvgIpc) is 3.15. The van der Waals surface area contributed by atoms with Gasteiger partial charge in [-0.05, 0) is 74.9 Å². The van der Waals surface area contributed by atoms with Crippen LogP contribution in [0.5, 0.6) is 17.2 Å². The molecule has 0 saturated heterocycles. The maximum absolute atomic E-state index is 13.1. The zero-order valence-electron chi connectivity index (χ0n) is 20.5. The van der Waals surface area contributed by atoms with E-state index in [4.69, 9.17) is 9.47 Å². The summed E-state index contributed by atoms with van der Waals surface area (Å²) in [6.45, 7) is 3.13. The van der Waals surface area contributed by atoms with Gasteiger partial charge in [-0.3, -0.25) is 4.68 Å². The predicted molar refractivity (Wildman–Crippen MR) is 123 cm³/mol. The van der Waals surface area contributed by atoms with Crippen LogP contribution in [0.1, 0.15) is 25.1 Å². The van der Waals surface area contributed by atoms with Gasteiger partial charge in [-0.1, -0.05) is 0 Å². The Hall–Kier alpha value is -3.90. The number of nitrogens with zero attached hydrogens (tertiary/aromatic N) is 2. The Morgan fingerprint density at radius 1 is 0.947 bits per heavy atom. The number of carbonyl (C=O) groups is 1. The molecule has 13 heteroatoms. The average molecular weight is 546 g/mol. The Balaban J connectivity index is 1.72. The van der Waals surface area contributed by atoms with Gasteiger partial charge in [0.2, 0.25) is 0 Å². The van der Waals surface area contributed by atoms with Gasteiger partial charge in [0.15, 0.2) is 5.60 Å².